The van der Waals surface area contributed by atoms with Crippen LogP contribution in [0.1, 0.15) is 5.56 Å². The molecule has 0 amide bonds. The molecule has 0 spiro atoms. The molecule has 0 unspecified atom stereocenters. The summed E-state index contributed by atoms with van der Waals surface area (Å²) >= 11 is 0. The Bertz CT molecular complexity index is 312. The van der Waals surface area contributed by atoms with E-state index in [4.69, 9.17) is 0 Å². The Labute approximate surface area is 71.6 Å². The third-order valence-corrected chi connectivity index (χ3v) is 1.79. The van der Waals surface area contributed by atoms with Crippen LogP contribution in [0.4, 0.5) is 0 Å². The van der Waals surface area contributed by atoms with E-state index >= 15 is 0 Å². The molecule has 0 saturated heterocycles. The van der Waals surface area contributed by atoms with Gasteiger partial charge < -0.3 is 5.32 Å². The first-order valence-corrected chi connectivity index (χ1v) is 3.96. The molecule has 2 nitrogen and oxygen atoms in total. The minimum absolute atomic E-state index is 0.681. The monoisotopic (exact) mass is 158 g/mol. The number of aliphatic imine (C=N–C) groups is 1. The van der Waals surface area contributed by atoms with Gasteiger partial charge in [-0.15, -0.1) is 0 Å². The fourth-order valence-corrected chi connectivity index (χ4v) is 1.19. The summed E-state index contributed by atoms with van der Waals surface area (Å²) in [5.74, 6) is 0. The molecule has 2 heteroatoms. The first-order chi connectivity index (χ1) is 5.97. The van der Waals surface area contributed by atoms with Crippen molar-refractivity contribution in [2.75, 3.05) is 6.67 Å². The lowest BCUT2D eigenvalue weighted by Gasteiger charge is -2.10. The molecule has 0 saturated carbocycles. The smallest absolute Gasteiger partial charge is 0.107 e. The average Bonchev–Trinajstić information content (AvgIpc) is 2.21. The molecule has 1 aliphatic rings. The molecule has 0 aromatic heterocycles. The van der Waals surface area contributed by atoms with Crippen LogP contribution in [0.15, 0.2) is 41.4 Å². The number of rotatable bonds is 1. The molecule has 1 heterocycles. The predicted molar refractivity (Wildman–Crippen MR) is 50.9 cm³/mol. The average molecular weight is 158 g/mol. The van der Waals surface area contributed by atoms with E-state index in [9.17, 15) is 0 Å². The van der Waals surface area contributed by atoms with Gasteiger partial charge in [0.05, 0.1) is 0 Å². The molecular weight excluding hydrogens is 148 g/mol. The summed E-state index contributed by atoms with van der Waals surface area (Å²) in [4.78, 5) is 4.04. The highest BCUT2D eigenvalue weighted by atomic mass is 15.0. The summed E-state index contributed by atoms with van der Waals surface area (Å²) in [5.41, 5.74) is 2.36. The van der Waals surface area contributed by atoms with E-state index in [1.807, 2.05) is 30.5 Å². The lowest BCUT2D eigenvalue weighted by Crippen LogP contribution is -2.15. The van der Waals surface area contributed by atoms with E-state index < -0.39 is 0 Å². The van der Waals surface area contributed by atoms with Gasteiger partial charge in [-0.25, -0.2) is 0 Å². The van der Waals surface area contributed by atoms with Gasteiger partial charge in [0.25, 0.3) is 0 Å². The zero-order valence-corrected chi connectivity index (χ0v) is 6.70. The maximum absolute atomic E-state index is 4.04. The summed E-state index contributed by atoms with van der Waals surface area (Å²) in [6.45, 7) is 0.681. The lowest BCUT2D eigenvalue weighted by atomic mass is 10.1. The third kappa shape index (κ3) is 1.37. The van der Waals surface area contributed by atoms with E-state index in [-0.39, 0.29) is 0 Å². The number of nitrogens with zero attached hydrogens (tertiary/aromatic N) is 1. The fraction of sp³-hybridized carbons (Fsp3) is 0.100. The molecule has 0 bridgehead atoms. The molecule has 60 valence electrons. The van der Waals surface area contributed by atoms with E-state index in [0.717, 1.165) is 5.70 Å². The summed E-state index contributed by atoms with van der Waals surface area (Å²) in [6, 6.07) is 10.2. The zero-order valence-electron chi connectivity index (χ0n) is 6.70. The van der Waals surface area contributed by atoms with E-state index in [1.165, 1.54) is 5.56 Å². The Kier molecular flexibility index (Phi) is 1.90. The predicted octanol–water partition coefficient (Wildman–Crippen LogP) is 1.66. The molecular formula is C10H10N2. The van der Waals surface area contributed by atoms with Gasteiger partial charge in [0, 0.05) is 11.9 Å². The molecule has 0 atom stereocenters. The van der Waals surface area contributed by atoms with Crippen LogP contribution in [-0.4, -0.2) is 12.9 Å². The molecule has 0 fully saturated rings. The largest absolute Gasteiger partial charge is 0.366 e. The van der Waals surface area contributed by atoms with Crippen molar-refractivity contribution in [3.05, 3.63) is 42.0 Å². The summed E-state index contributed by atoms with van der Waals surface area (Å²) < 4.78 is 0. The van der Waals surface area contributed by atoms with Gasteiger partial charge in [-0.1, -0.05) is 30.3 Å². The molecule has 1 aromatic carbocycles. The fourth-order valence-electron chi connectivity index (χ4n) is 1.19. The molecule has 1 N–H and O–H groups in total. The highest BCUT2D eigenvalue weighted by Crippen LogP contribution is 2.10. The van der Waals surface area contributed by atoms with E-state index in [0.29, 0.717) is 6.67 Å². The molecule has 0 aliphatic carbocycles. The normalized spacial score (nSPS) is 15.2. The van der Waals surface area contributed by atoms with Crippen LogP contribution in [-0.2, 0) is 0 Å². The summed E-state index contributed by atoms with van der Waals surface area (Å²) in [6.07, 6.45) is 3.82. The Hall–Kier alpha value is -1.57. The van der Waals surface area contributed by atoms with Gasteiger partial charge in [0.2, 0.25) is 0 Å². The number of allylic oxidation sites excluding steroid dienone is 1. The highest BCUT2D eigenvalue weighted by molar-refractivity contribution is 5.85. The minimum atomic E-state index is 0.681. The highest BCUT2D eigenvalue weighted by Gasteiger charge is 1.99. The SMILES string of the molecule is C1=NCNC(c2ccccc2)=C1. The number of hydrogen-bond donors (Lipinski definition) is 1. The van der Waals surface area contributed by atoms with Gasteiger partial charge in [-0.2, -0.15) is 0 Å². The van der Waals surface area contributed by atoms with Gasteiger partial charge in [-0.05, 0) is 11.6 Å². The molecule has 1 aliphatic heterocycles. The van der Waals surface area contributed by atoms with Crippen molar-refractivity contribution in [3.8, 4) is 0 Å². The second-order valence-electron chi connectivity index (χ2n) is 2.61. The van der Waals surface area contributed by atoms with Crippen LogP contribution in [0.25, 0.3) is 5.70 Å². The maximum Gasteiger partial charge on any atom is 0.107 e. The molecule has 0 radical (unpaired) electrons. The minimum Gasteiger partial charge on any atom is -0.366 e. The molecule has 2 rings (SSSR count). The van der Waals surface area contributed by atoms with Crippen LogP contribution < -0.4 is 5.32 Å². The second-order valence-corrected chi connectivity index (χ2v) is 2.61. The lowest BCUT2D eigenvalue weighted by molar-refractivity contribution is 0.899. The van der Waals surface area contributed by atoms with Crippen LogP contribution in [0.5, 0.6) is 0 Å². The summed E-state index contributed by atoms with van der Waals surface area (Å²) in [5, 5.41) is 3.20. The topological polar surface area (TPSA) is 24.4 Å². The van der Waals surface area contributed by atoms with Crippen molar-refractivity contribution in [1.82, 2.24) is 5.32 Å². The van der Waals surface area contributed by atoms with E-state index in [2.05, 4.69) is 22.4 Å². The maximum atomic E-state index is 4.04. The van der Waals surface area contributed by atoms with Gasteiger partial charge >= 0.3 is 0 Å². The van der Waals surface area contributed by atoms with Crippen LogP contribution >= 0.6 is 0 Å². The zero-order chi connectivity index (χ0) is 8.23. The van der Waals surface area contributed by atoms with Crippen molar-refractivity contribution >= 4 is 11.9 Å². The Morgan fingerprint density at radius 3 is 2.67 bits per heavy atom. The quantitative estimate of drug-likeness (QED) is 0.660. The van der Waals surface area contributed by atoms with Gasteiger partial charge in [0.15, 0.2) is 0 Å². The standard InChI is InChI=1S/C10H10N2/c1-2-4-9(5-3-1)10-6-7-11-8-12-10/h1-7,12H,8H2. The Balaban J connectivity index is 2.31. The first kappa shape index (κ1) is 7.10. The van der Waals surface area contributed by atoms with Crippen molar-refractivity contribution < 1.29 is 0 Å². The molecule has 12 heavy (non-hydrogen) atoms. The van der Waals surface area contributed by atoms with Crippen LogP contribution in [0.3, 0.4) is 0 Å². The first-order valence-electron chi connectivity index (χ1n) is 3.96. The number of nitrogens with one attached hydrogen (secondary N) is 1. The molecule has 1 aromatic rings. The van der Waals surface area contributed by atoms with Crippen molar-refractivity contribution in [3.63, 3.8) is 0 Å². The van der Waals surface area contributed by atoms with Crippen molar-refractivity contribution in [1.29, 1.82) is 0 Å². The number of benzene rings is 1. The Morgan fingerprint density at radius 1 is 1.17 bits per heavy atom. The van der Waals surface area contributed by atoms with Crippen LogP contribution in [0.2, 0.25) is 0 Å². The van der Waals surface area contributed by atoms with E-state index in [1.54, 1.807) is 0 Å². The second kappa shape index (κ2) is 3.22. The third-order valence-electron chi connectivity index (χ3n) is 1.79. The summed E-state index contributed by atoms with van der Waals surface area (Å²) in [7, 11) is 0. The van der Waals surface area contributed by atoms with Gasteiger partial charge in [-0.3, -0.25) is 4.99 Å². The Morgan fingerprint density at radius 2 is 2.00 bits per heavy atom. The van der Waals surface area contributed by atoms with Crippen molar-refractivity contribution in [2.45, 2.75) is 0 Å². The van der Waals surface area contributed by atoms with Crippen molar-refractivity contribution in [2.24, 2.45) is 4.99 Å². The van der Waals surface area contributed by atoms with Crippen LogP contribution in [0, 0.1) is 0 Å². The number of hydrogen-bond acceptors (Lipinski definition) is 2. The van der Waals surface area contributed by atoms with Gasteiger partial charge in [0.1, 0.15) is 6.67 Å².